The number of allylic oxidation sites excluding steroid dienone is 1. The van der Waals surface area contributed by atoms with Crippen LogP contribution in [0.25, 0.3) is 0 Å². The summed E-state index contributed by atoms with van der Waals surface area (Å²) in [6.45, 7) is 1.01. The van der Waals surface area contributed by atoms with Crippen molar-refractivity contribution in [1.29, 1.82) is 0 Å². The highest BCUT2D eigenvalue weighted by Gasteiger charge is 2.40. The maximum atomic E-state index is 12.6. The molecule has 2 N–H and O–H groups in total. The van der Waals surface area contributed by atoms with Gasteiger partial charge in [0, 0.05) is 12.6 Å². The zero-order valence-electron chi connectivity index (χ0n) is 12.7. The summed E-state index contributed by atoms with van der Waals surface area (Å²) < 4.78 is 0. The van der Waals surface area contributed by atoms with E-state index >= 15 is 0 Å². The molecule has 6 nitrogen and oxygen atoms in total. The Morgan fingerprint density at radius 2 is 2.09 bits per heavy atom. The van der Waals surface area contributed by atoms with Crippen LogP contribution >= 0.6 is 0 Å². The number of β-amino-alcohol motifs (C(OH)–C–C–N with tert-alkyl or cyclic N) is 1. The van der Waals surface area contributed by atoms with E-state index < -0.39 is 5.60 Å². The number of H-pyrrole nitrogens is 1. The number of carbonyl (C=O) groups is 1. The molecule has 0 spiro atoms. The summed E-state index contributed by atoms with van der Waals surface area (Å²) in [7, 11) is 0. The topological polar surface area (TPSA) is 82.1 Å². The quantitative estimate of drug-likeness (QED) is 0.823. The molecule has 1 amide bonds. The summed E-state index contributed by atoms with van der Waals surface area (Å²) in [5.74, 6) is 1.35. The number of nitrogens with zero attached hydrogens (tertiary/aromatic N) is 3. The van der Waals surface area contributed by atoms with Gasteiger partial charge >= 0.3 is 0 Å². The molecule has 2 heterocycles. The summed E-state index contributed by atoms with van der Waals surface area (Å²) in [5, 5.41) is 21.1. The molecule has 1 saturated heterocycles. The van der Waals surface area contributed by atoms with E-state index in [9.17, 15) is 9.90 Å². The van der Waals surface area contributed by atoms with Crippen LogP contribution in [0.15, 0.2) is 17.8 Å². The van der Waals surface area contributed by atoms with E-state index in [0.29, 0.717) is 37.0 Å². The maximum absolute atomic E-state index is 12.6. The second-order valence-electron chi connectivity index (χ2n) is 6.94. The zero-order chi connectivity index (χ0) is 15.2. The second-order valence-corrected chi connectivity index (χ2v) is 6.94. The lowest BCUT2D eigenvalue weighted by Gasteiger charge is -2.37. The van der Waals surface area contributed by atoms with Crippen molar-refractivity contribution < 1.29 is 9.90 Å². The minimum atomic E-state index is -1.08. The predicted octanol–water partition coefficient (Wildman–Crippen LogP) is 1.36. The first-order valence-corrected chi connectivity index (χ1v) is 8.25. The Morgan fingerprint density at radius 1 is 1.36 bits per heavy atom. The van der Waals surface area contributed by atoms with Crippen molar-refractivity contribution in [3.8, 4) is 0 Å². The standard InChI is InChI=1S/C16H22N4O2/c21-15(8-13(11-2-3-11)12-4-5-12)20-7-1-6-16(22,10-20)14-9-17-19-18-14/h8-9,11-12,22H,1-7,10H2,(H,17,18,19)/t16-/m0/s1. The maximum Gasteiger partial charge on any atom is 0.246 e. The molecule has 2 saturated carbocycles. The molecule has 0 aromatic carbocycles. The van der Waals surface area contributed by atoms with Crippen molar-refractivity contribution in [3.63, 3.8) is 0 Å². The fourth-order valence-electron chi connectivity index (χ4n) is 3.50. The third-order valence-electron chi connectivity index (χ3n) is 5.06. The first-order chi connectivity index (χ1) is 10.7. The van der Waals surface area contributed by atoms with Crippen molar-refractivity contribution in [3.05, 3.63) is 23.5 Å². The summed E-state index contributed by atoms with van der Waals surface area (Å²) in [6.07, 6.45) is 9.75. The molecule has 3 aliphatic rings. The van der Waals surface area contributed by atoms with Gasteiger partial charge < -0.3 is 10.0 Å². The SMILES string of the molecule is O=C(C=C(C1CC1)C1CC1)N1CCC[C@@](O)(c2cn[nH]n2)C1. The molecule has 0 unspecified atom stereocenters. The smallest absolute Gasteiger partial charge is 0.246 e. The number of rotatable bonds is 4. The summed E-state index contributed by atoms with van der Waals surface area (Å²) in [5.41, 5.74) is 0.813. The van der Waals surface area contributed by atoms with Crippen molar-refractivity contribution in [2.45, 2.75) is 44.1 Å². The lowest BCUT2D eigenvalue weighted by Crippen LogP contribution is -2.48. The Bertz CT molecular complexity index is 575. The highest BCUT2D eigenvalue weighted by Crippen LogP contribution is 2.48. The first-order valence-electron chi connectivity index (χ1n) is 8.25. The second kappa shape index (κ2) is 5.19. The van der Waals surface area contributed by atoms with Crippen LogP contribution in [-0.4, -0.2) is 44.4 Å². The molecule has 118 valence electrons. The number of nitrogens with one attached hydrogen (secondary N) is 1. The highest BCUT2D eigenvalue weighted by atomic mass is 16.3. The van der Waals surface area contributed by atoms with Crippen LogP contribution in [-0.2, 0) is 10.4 Å². The van der Waals surface area contributed by atoms with Crippen LogP contribution in [0.3, 0.4) is 0 Å². The number of aromatic nitrogens is 3. The Morgan fingerprint density at radius 3 is 2.68 bits per heavy atom. The van der Waals surface area contributed by atoms with Gasteiger partial charge in [-0.05, 0) is 50.4 Å². The average Bonchev–Trinajstić information content (AvgIpc) is 3.44. The van der Waals surface area contributed by atoms with Gasteiger partial charge in [0.15, 0.2) is 0 Å². The van der Waals surface area contributed by atoms with Crippen LogP contribution in [0.1, 0.15) is 44.2 Å². The number of piperidine rings is 1. The van der Waals surface area contributed by atoms with E-state index in [4.69, 9.17) is 0 Å². The minimum Gasteiger partial charge on any atom is -0.382 e. The molecular formula is C16H22N4O2. The number of likely N-dealkylation sites (tertiary alicyclic amines) is 1. The van der Waals surface area contributed by atoms with E-state index in [1.165, 1.54) is 31.3 Å². The molecule has 2 aliphatic carbocycles. The molecule has 4 rings (SSSR count). The van der Waals surface area contributed by atoms with Crippen LogP contribution in [0.4, 0.5) is 0 Å². The molecule has 6 heteroatoms. The van der Waals surface area contributed by atoms with Gasteiger partial charge in [0.2, 0.25) is 5.91 Å². The van der Waals surface area contributed by atoms with Crippen LogP contribution in [0, 0.1) is 11.8 Å². The van der Waals surface area contributed by atoms with Crippen LogP contribution < -0.4 is 0 Å². The molecular weight excluding hydrogens is 280 g/mol. The summed E-state index contributed by atoms with van der Waals surface area (Å²) in [6, 6.07) is 0. The Hall–Kier alpha value is -1.69. The minimum absolute atomic E-state index is 0.0513. The average molecular weight is 302 g/mol. The molecule has 3 fully saturated rings. The molecule has 0 radical (unpaired) electrons. The van der Waals surface area contributed by atoms with Crippen molar-refractivity contribution in [1.82, 2.24) is 20.3 Å². The number of aliphatic hydroxyl groups is 1. The highest BCUT2D eigenvalue weighted by molar-refractivity contribution is 5.88. The fraction of sp³-hybridized carbons (Fsp3) is 0.688. The van der Waals surface area contributed by atoms with Crippen LogP contribution in [0.2, 0.25) is 0 Å². The molecule has 1 aromatic heterocycles. The van der Waals surface area contributed by atoms with Gasteiger partial charge in [-0.3, -0.25) is 4.79 Å². The fourth-order valence-corrected chi connectivity index (χ4v) is 3.50. The Labute approximate surface area is 129 Å². The van der Waals surface area contributed by atoms with Crippen molar-refractivity contribution >= 4 is 5.91 Å². The lowest BCUT2D eigenvalue weighted by atomic mass is 9.90. The molecule has 0 bridgehead atoms. The van der Waals surface area contributed by atoms with E-state index in [2.05, 4.69) is 15.4 Å². The molecule has 22 heavy (non-hydrogen) atoms. The van der Waals surface area contributed by atoms with Crippen molar-refractivity contribution in [2.75, 3.05) is 13.1 Å². The largest absolute Gasteiger partial charge is 0.382 e. The van der Waals surface area contributed by atoms with Crippen molar-refractivity contribution in [2.24, 2.45) is 11.8 Å². The van der Waals surface area contributed by atoms with E-state index in [-0.39, 0.29) is 5.91 Å². The van der Waals surface area contributed by atoms with Gasteiger partial charge in [-0.15, -0.1) is 0 Å². The summed E-state index contributed by atoms with van der Waals surface area (Å²) in [4.78, 5) is 14.4. The Balaban J connectivity index is 1.50. The number of hydrogen-bond acceptors (Lipinski definition) is 4. The number of carbonyl (C=O) groups excluding carboxylic acids is 1. The van der Waals surface area contributed by atoms with Gasteiger partial charge in [0.05, 0.1) is 12.7 Å². The van der Waals surface area contributed by atoms with Gasteiger partial charge in [0.25, 0.3) is 0 Å². The first kappa shape index (κ1) is 13.9. The third-order valence-corrected chi connectivity index (χ3v) is 5.06. The zero-order valence-corrected chi connectivity index (χ0v) is 12.7. The van der Waals surface area contributed by atoms with E-state index in [0.717, 1.165) is 6.42 Å². The summed E-state index contributed by atoms with van der Waals surface area (Å²) >= 11 is 0. The molecule has 1 atom stereocenters. The monoisotopic (exact) mass is 302 g/mol. The van der Waals surface area contributed by atoms with Gasteiger partial charge in [-0.25, -0.2) is 0 Å². The predicted molar refractivity (Wildman–Crippen MR) is 79.6 cm³/mol. The number of amides is 1. The number of hydrogen-bond donors (Lipinski definition) is 2. The van der Waals surface area contributed by atoms with E-state index in [1.54, 1.807) is 11.1 Å². The normalized spacial score (nSPS) is 28.5. The Kier molecular flexibility index (Phi) is 3.29. The third kappa shape index (κ3) is 2.67. The van der Waals surface area contributed by atoms with Gasteiger partial charge in [0.1, 0.15) is 11.3 Å². The lowest BCUT2D eigenvalue weighted by molar-refractivity contribution is -0.134. The van der Waals surface area contributed by atoms with Crippen LogP contribution in [0.5, 0.6) is 0 Å². The van der Waals surface area contributed by atoms with E-state index in [1.807, 2.05) is 6.08 Å². The van der Waals surface area contributed by atoms with Gasteiger partial charge in [-0.1, -0.05) is 5.57 Å². The molecule has 1 aromatic rings. The number of aromatic amines is 1. The van der Waals surface area contributed by atoms with Gasteiger partial charge in [-0.2, -0.15) is 15.4 Å². The molecule has 1 aliphatic heterocycles.